The third kappa shape index (κ3) is 4.48. The van der Waals surface area contributed by atoms with E-state index in [4.69, 9.17) is 4.74 Å². The second kappa shape index (κ2) is 6.82. The first kappa shape index (κ1) is 16.8. The molecule has 0 bridgehead atoms. The highest BCUT2D eigenvalue weighted by molar-refractivity contribution is 5.44. The Morgan fingerprint density at radius 2 is 1.83 bits per heavy atom. The molecule has 2 fully saturated rings. The van der Waals surface area contributed by atoms with Crippen molar-refractivity contribution in [2.24, 2.45) is 5.41 Å². The predicted octanol–water partition coefficient (Wildman–Crippen LogP) is 4.08. The van der Waals surface area contributed by atoms with E-state index < -0.39 is 0 Å². The Kier molecular flexibility index (Phi) is 4.98. The summed E-state index contributed by atoms with van der Waals surface area (Å²) in [7, 11) is 0. The summed E-state index contributed by atoms with van der Waals surface area (Å²) in [4.78, 5) is 2.66. The largest absolute Gasteiger partial charge is 0.384 e. The molecule has 2 heterocycles. The van der Waals surface area contributed by atoms with Crippen molar-refractivity contribution in [2.75, 3.05) is 38.1 Å². The molecule has 0 aliphatic carbocycles. The van der Waals surface area contributed by atoms with Crippen LogP contribution in [0.1, 0.15) is 45.1 Å². The van der Waals surface area contributed by atoms with Gasteiger partial charge in [0, 0.05) is 30.8 Å². The van der Waals surface area contributed by atoms with Gasteiger partial charge in [0.25, 0.3) is 0 Å². The van der Waals surface area contributed by atoms with Crippen molar-refractivity contribution >= 4 is 5.69 Å². The molecule has 2 aliphatic heterocycles. The number of ether oxygens (including phenoxy) is 1. The smallest absolute Gasteiger partial charge is 0.0633 e. The topological polar surface area (TPSA) is 24.5 Å². The summed E-state index contributed by atoms with van der Waals surface area (Å²) < 4.78 is 6.01. The summed E-state index contributed by atoms with van der Waals surface area (Å²) in [6.07, 6.45) is 5.02. The van der Waals surface area contributed by atoms with Crippen LogP contribution in [-0.4, -0.2) is 43.3 Å². The minimum atomic E-state index is -0.00701. The molecule has 1 aromatic rings. The van der Waals surface area contributed by atoms with Gasteiger partial charge in [-0.15, -0.1) is 0 Å². The van der Waals surface area contributed by atoms with E-state index in [2.05, 4.69) is 55.3 Å². The van der Waals surface area contributed by atoms with E-state index in [1.165, 1.54) is 43.7 Å². The Morgan fingerprint density at radius 1 is 1.13 bits per heavy atom. The Hall–Kier alpha value is -1.06. The number of anilines is 1. The Bertz CT molecular complexity index is 505. The van der Waals surface area contributed by atoms with E-state index in [1.54, 1.807) is 0 Å². The zero-order valence-corrected chi connectivity index (χ0v) is 15.0. The minimum Gasteiger partial charge on any atom is -0.384 e. The summed E-state index contributed by atoms with van der Waals surface area (Å²) in [6, 6.07) is 8.76. The number of hydrogen-bond donors (Lipinski definition) is 1. The van der Waals surface area contributed by atoms with Crippen LogP contribution < -0.4 is 5.32 Å². The lowest BCUT2D eigenvalue weighted by atomic mass is 9.73. The minimum absolute atomic E-state index is 0.00701. The number of nitrogens with one attached hydrogen (secondary N) is 1. The lowest BCUT2D eigenvalue weighted by molar-refractivity contribution is -0.107. The number of nitrogens with zero attached hydrogens (tertiary/aromatic N) is 1. The first-order valence-corrected chi connectivity index (χ1v) is 9.13. The maximum Gasteiger partial charge on any atom is 0.0633 e. The molecular weight excluding hydrogens is 284 g/mol. The monoisotopic (exact) mass is 316 g/mol. The molecule has 2 saturated heterocycles. The second-order valence-electron chi connectivity index (χ2n) is 8.24. The quantitative estimate of drug-likeness (QED) is 0.886. The third-order valence-corrected chi connectivity index (χ3v) is 5.40. The van der Waals surface area contributed by atoms with Gasteiger partial charge in [-0.3, -0.25) is 0 Å². The molecule has 1 aromatic carbocycles. The van der Waals surface area contributed by atoms with Gasteiger partial charge < -0.3 is 15.0 Å². The predicted molar refractivity (Wildman–Crippen MR) is 97.0 cm³/mol. The molecule has 0 amide bonds. The third-order valence-electron chi connectivity index (χ3n) is 5.40. The summed E-state index contributed by atoms with van der Waals surface area (Å²) in [5, 5.41) is 3.71. The van der Waals surface area contributed by atoms with Crippen LogP contribution in [0.2, 0.25) is 0 Å². The van der Waals surface area contributed by atoms with Crippen LogP contribution in [0.25, 0.3) is 0 Å². The van der Waals surface area contributed by atoms with Crippen molar-refractivity contribution < 1.29 is 4.74 Å². The van der Waals surface area contributed by atoms with Crippen molar-refractivity contribution in [1.82, 2.24) is 4.90 Å². The SMILES string of the molecule is Cc1ccc(NCC2(CN3CCCC3)CCOC(C)(C)C2)cc1. The van der Waals surface area contributed by atoms with Crippen molar-refractivity contribution in [2.45, 2.75) is 52.1 Å². The van der Waals surface area contributed by atoms with Crippen LogP contribution in [0.15, 0.2) is 24.3 Å². The van der Waals surface area contributed by atoms with Crippen molar-refractivity contribution in [3.05, 3.63) is 29.8 Å². The fourth-order valence-electron chi connectivity index (χ4n) is 4.30. The maximum absolute atomic E-state index is 6.01. The molecule has 1 atom stereocenters. The van der Waals surface area contributed by atoms with Crippen LogP contribution in [0.4, 0.5) is 5.69 Å². The Morgan fingerprint density at radius 3 is 2.48 bits per heavy atom. The lowest BCUT2D eigenvalue weighted by Gasteiger charge is -2.47. The molecule has 2 aliphatic rings. The highest BCUT2D eigenvalue weighted by atomic mass is 16.5. The van der Waals surface area contributed by atoms with Gasteiger partial charge in [0.1, 0.15) is 0 Å². The Labute approximate surface area is 141 Å². The first-order chi connectivity index (χ1) is 11.0. The van der Waals surface area contributed by atoms with Crippen molar-refractivity contribution in [3.63, 3.8) is 0 Å². The van der Waals surface area contributed by atoms with E-state index in [1.807, 2.05) is 0 Å². The van der Waals surface area contributed by atoms with Gasteiger partial charge in [-0.1, -0.05) is 17.7 Å². The molecule has 1 N–H and O–H groups in total. The summed E-state index contributed by atoms with van der Waals surface area (Å²) in [6.45, 7) is 12.3. The van der Waals surface area contributed by atoms with E-state index in [-0.39, 0.29) is 5.60 Å². The molecule has 0 saturated carbocycles. The molecule has 0 aromatic heterocycles. The fraction of sp³-hybridized carbons (Fsp3) is 0.700. The zero-order valence-electron chi connectivity index (χ0n) is 15.0. The molecule has 1 unspecified atom stereocenters. The normalized spacial score (nSPS) is 28.0. The standard InChI is InChI=1S/C20H32N2O/c1-17-6-8-18(9-7-17)21-15-20(16-22-11-4-5-12-22)10-13-23-19(2,3)14-20/h6-9,21H,4-5,10-16H2,1-3H3. The molecular formula is C20H32N2O. The van der Waals surface area contributed by atoms with Crippen LogP contribution in [0.5, 0.6) is 0 Å². The number of likely N-dealkylation sites (tertiary alicyclic amines) is 1. The van der Waals surface area contributed by atoms with E-state index in [9.17, 15) is 0 Å². The second-order valence-corrected chi connectivity index (χ2v) is 8.24. The molecule has 3 rings (SSSR count). The summed E-state index contributed by atoms with van der Waals surface area (Å²) in [5.74, 6) is 0. The number of aryl methyl sites for hydroxylation is 1. The van der Waals surface area contributed by atoms with Crippen LogP contribution in [-0.2, 0) is 4.74 Å². The summed E-state index contributed by atoms with van der Waals surface area (Å²) in [5.41, 5.74) is 2.86. The van der Waals surface area contributed by atoms with Gasteiger partial charge in [0.15, 0.2) is 0 Å². The summed E-state index contributed by atoms with van der Waals surface area (Å²) >= 11 is 0. The van der Waals surface area contributed by atoms with Crippen molar-refractivity contribution in [1.29, 1.82) is 0 Å². The molecule has 0 radical (unpaired) electrons. The molecule has 0 spiro atoms. The van der Waals surface area contributed by atoms with Gasteiger partial charge in [0.2, 0.25) is 0 Å². The van der Waals surface area contributed by atoms with Gasteiger partial charge in [-0.05, 0) is 71.7 Å². The van der Waals surface area contributed by atoms with E-state index in [0.29, 0.717) is 5.41 Å². The molecule has 3 heteroatoms. The van der Waals surface area contributed by atoms with Crippen LogP contribution in [0, 0.1) is 12.3 Å². The van der Waals surface area contributed by atoms with E-state index in [0.717, 1.165) is 26.0 Å². The highest BCUT2D eigenvalue weighted by Gasteiger charge is 2.42. The van der Waals surface area contributed by atoms with E-state index >= 15 is 0 Å². The average molecular weight is 316 g/mol. The zero-order chi connectivity index (χ0) is 16.3. The van der Waals surface area contributed by atoms with Gasteiger partial charge in [-0.2, -0.15) is 0 Å². The molecule has 128 valence electrons. The number of rotatable bonds is 5. The van der Waals surface area contributed by atoms with Crippen molar-refractivity contribution in [3.8, 4) is 0 Å². The highest BCUT2D eigenvalue weighted by Crippen LogP contribution is 2.40. The maximum atomic E-state index is 6.01. The number of hydrogen-bond acceptors (Lipinski definition) is 3. The molecule has 3 nitrogen and oxygen atoms in total. The van der Waals surface area contributed by atoms with Crippen LogP contribution >= 0.6 is 0 Å². The van der Waals surface area contributed by atoms with Gasteiger partial charge in [0.05, 0.1) is 5.60 Å². The fourth-order valence-corrected chi connectivity index (χ4v) is 4.30. The van der Waals surface area contributed by atoms with Crippen LogP contribution in [0.3, 0.4) is 0 Å². The van der Waals surface area contributed by atoms with Gasteiger partial charge in [-0.25, -0.2) is 0 Å². The lowest BCUT2D eigenvalue weighted by Crippen LogP contribution is -2.50. The van der Waals surface area contributed by atoms with Gasteiger partial charge >= 0.3 is 0 Å². The first-order valence-electron chi connectivity index (χ1n) is 9.13. The Balaban J connectivity index is 1.70. The average Bonchev–Trinajstić information content (AvgIpc) is 2.98. The molecule has 23 heavy (non-hydrogen) atoms. The number of benzene rings is 1.